The molecule has 0 rings (SSSR count). The second kappa shape index (κ2) is 4.58. The molecule has 0 aromatic carbocycles. The van der Waals surface area contributed by atoms with Crippen LogP contribution in [0.25, 0.3) is 0 Å². The summed E-state index contributed by atoms with van der Waals surface area (Å²) >= 11 is 3.32. The zero-order valence-electron chi connectivity index (χ0n) is 7.51. The molecule has 0 heterocycles. The SMILES string of the molecule is CC(C)(CCBr)CCS(N)(=O)=O. The molecular weight excluding hydrogens is 242 g/mol. The second-order valence-corrected chi connectivity index (χ2v) is 6.25. The second-order valence-electron chi connectivity index (χ2n) is 3.72. The lowest BCUT2D eigenvalue weighted by Gasteiger charge is -2.22. The fourth-order valence-corrected chi connectivity index (χ4v) is 2.71. The topological polar surface area (TPSA) is 60.2 Å². The smallest absolute Gasteiger partial charge is 0.209 e. The predicted molar refractivity (Wildman–Crippen MR) is 54.8 cm³/mol. The summed E-state index contributed by atoms with van der Waals surface area (Å²) < 4.78 is 21.3. The zero-order valence-corrected chi connectivity index (χ0v) is 9.91. The summed E-state index contributed by atoms with van der Waals surface area (Å²) in [5, 5.41) is 5.79. The summed E-state index contributed by atoms with van der Waals surface area (Å²) in [5.74, 6) is 0.0764. The van der Waals surface area contributed by atoms with Crippen LogP contribution in [0.5, 0.6) is 0 Å². The lowest BCUT2D eigenvalue weighted by molar-refractivity contribution is 0.342. The van der Waals surface area contributed by atoms with Crippen molar-refractivity contribution in [2.75, 3.05) is 11.1 Å². The first kappa shape index (κ1) is 12.4. The Kier molecular flexibility index (Phi) is 4.73. The molecule has 0 aromatic rings. The van der Waals surface area contributed by atoms with Crippen LogP contribution in [0, 0.1) is 5.41 Å². The maximum atomic E-state index is 10.6. The maximum Gasteiger partial charge on any atom is 0.209 e. The van der Waals surface area contributed by atoms with E-state index in [9.17, 15) is 8.42 Å². The van der Waals surface area contributed by atoms with Crippen molar-refractivity contribution >= 4 is 26.0 Å². The van der Waals surface area contributed by atoms with Crippen LogP contribution in [0.1, 0.15) is 26.7 Å². The summed E-state index contributed by atoms with van der Waals surface area (Å²) in [6, 6.07) is 0. The van der Waals surface area contributed by atoms with E-state index in [-0.39, 0.29) is 11.2 Å². The van der Waals surface area contributed by atoms with Gasteiger partial charge in [-0.1, -0.05) is 29.8 Å². The third-order valence-corrected chi connectivity index (χ3v) is 3.00. The number of rotatable bonds is 5. The van der Waals surface area contributed by atoms with E-state index in [1.807, 2.05) is 13.8 Å². The summed E-state index contributed by atoms with van der Waals surface area (Å²) in [7, 11) is -3.29. The minimum Gasteiger partial charge on any atom is -0.229 e. The Bertz CT molecular complexity index is 224. The Morgan fingerprint density at radius 2 is 1.83 bits per heavy atom. The molecule has 0 amide bonds. The number of hydrogen-bond acceptors (Lipinski definition) is 2. The van der Waals surface area contributed by atoms with Crippen LogP contribution in [0.4, 0.5) is 0 Å². The molecule has 2 N–H and O–H groups in total. The van der Waals surface area contributed by atoms with Crippen LogP contribution in [-0.2, 0) is 10.0 Å². The third kappa shape index (κ3) is 7.06. The highest BCUT2D eigenvalue weighted by atomic mass is 79.9. The fourth-order valence-electron chi connectivity index (χ4n) is 0.799. The number of primary sulfonamides is 1. The van der Waals surface area contributed by atoms with Gasteiger partial charge in [0.15, 0.2) is 0 Å². The van der Waals surface area contributed by atoms with E-state index < -0.39 is 10.0 Å². The van der Waals surface area contributed by atoms with E-state index in [1.54, 1.807) is 0 Å². The van der Waals surface area contributed by atoms with Gasteiger partial charge in [0.05, 0.1) is 5.75 Å². The Morgan fingerprint density at radius 1 is 1.33 bits per heavy atom. The molecule has 0 aliphatic rings. The molecule has 74 valence electrons. The number of halogens is 1. The summed E-state index contributed by atoms with van der Waals surface area (Å²) in [4.78, 5) is 0. The molecule has 5 heteroatoms. The molecule has 0 spiro atoms. The van der Waals surface area contributed by atoms with Gasteiger partial charge >= 0.3 is 0 Å². The Morgan fingerprint density at radius 3 is 2.17 bits per heavy atom. The average molecular weight is 258 g/mol. The van der Waals surface area contributed by atoms with Gasteiger partial charge in [-0.2, -0.15) is 0 Å². The first-order valence-electron chi connectivity index (χ1n) is 3.83. The van der Waals surface area contributed by atoms with E-state index in [0.29, 0.717) is 6.42 Å². The molecule has 3 nitrogen and oxygen atoms in total. The Labute approximate surface area is 82.9 Å². The number of hydrogen-bond donors (Lipinski definition) is 1. The van der Waals surface area contributed by atoms with E-state index in [2.05, 4.69) is 15.9 Å². The molecular formula is C7H16BrNO2S. The number of nitrogens with two attached hydrogens (primary N) is 1. The normalized spacial score (nSPS) is 13.3. The van der Waals surface area contributed by atoms with Crippen molar-refractivity contribution in [2.24, 2.45) is 10.6 Å². The van der Waals surface area contributed by atoms with Crippen molar-refractivity contribution in [3.63, 3.8) is 0 Å². The molecule has 0 aliphatic carbocycles. The minimum atomic E-state index is -3.29. The van der Waals surface area contributed by atoms with Crippen molar-refractivity contribution in [2.45, 2.75) is 26.7 Å². The van der Waals surface area contributed by atoms with E-state index in [4.69, 9.17) is 5.14 Å². The van der Waals surface area contributed by atoms with Gasteiger partial charge in [0, 0.05) is 5.33 Å². The lowest BCUT2D eigenvalue weighted by Crippen LogP contribution is -2.22. The van der Waals surface area contributed by atoms with Crippen LogP contribution in [0.15, 0.2) is 0 Å². The van der Waals surface area contributed by atoms with Gasteiger partial charge in [-0.15, -0.1) is 0 Å². The van der Waals surface area contributed by atoms with Crippen LogP contribution < -0.4 is 5.14 Å². The highest BCUT2D eigenvalue weighted by molar-refractivity contribution is 9.09. The first-order chi connectivity index (χ1) is 5.27. The van der Waals surface area contributed by atoms with E-state index in [1.165, 1.54) is 0 Å². The van der Waals surface area contributed by atoms with Crippen molar-refractivity contribution < 1.29 is 8.42 Å². The van der Waals surface area contributed by atoms with Gasteiger partial charge in [-0.25, -0.2) is 13.6 Å². The molecule has 0 unspecified atom stereocenters. The fraction of sp³-hybridized carbons (Fsp3) is 1.00. The van der Waals surface area contributed by atoms with Crippen LogP contribution >= 0.6 is 15.9 Å². The van der Waals surface area contributed by atoms with Gasteiger partial charge < -0.3 is 0 Å². The van der Waals surface area contributed by atoms with Crippen molar-refractivity contribution in [3.05, 3.63) is 0 Å². The molecule has 0 radical (unpaired) electrons. The molecule has 12 heavy (non-hydrogen) atoms. The van der Waals surface area contributed by atoms with Gasteiger partial charge in [0.1, 0.15) is 0 Å². The molecule has 0 saturated carbocycles. The third-order valence-electron chi connectivity index (χ3n) is 1.83. The van der Waals surface area contributed by atoms with Crippen LogP contribution in [0.3, 0.4) is 0 Å². The lowest BCUT2D eigenvalue weighted by atomic mass is 9.87. The molecule has 0 fully saturated rings. The Hall–Kier alpha value is 0.390. The van der Waals surface area contributed by atoms with Gasteiger partial charge in [-0.05, 0) is 18.3 Å². The van der Waals surface area contributed by atoms with Crippen molar-refractivity contribution in [1.29, 1.82) is 0 Å². The largest absolute Gasteiger partial charge is 0.229 e. The zero-order chi connectivity index (χ0) is 9.83. The predicted octanol–water partition coefficient (Wildman–Crippen LogP) is 1.48. The summed E-state index contributed by atoms with van der Waals surface area (Å²) in [6.07, 6.45) is 1.58. The average Bonchev–Trinajstić information content (AvgIpc) is 1.83. The van der Waals surface area contributed by atoms with Gasteiger partial charge in [0.2, 0.25) is 10.0 Å². The molecule has 0 aromatic heterocycles. The van der Waals surface area contributed by atoms with Crippen molar-refractivity contribution in [1.82, 2.24) is 0 Å². The summed E-state index contributed by atoms with van der Waals surface area (Å²) in [5.41, 5.74) is 0.0515. The molecule has 0 atom stereocenters. The molecule has 0 bridgehead atoms. The highest BCUT2D eigenvalue weighted by Crippen LogP contribution is 2.25. The Balaban J connectivity index is 3.92. The first-order valence-corrected chi connectivity index (χ1v) is 6.67. The molecule has 0 aliphatic heterocycles. The standard InChI is InChI=1S/C7H16BrNO2S/c1-7(2,3-5-8)4-6-12(9,10)11/h3-6H2,1-2H3,(H2,9,10,11). The van der Waals surface area contributed by atoms with Gasteiger partial charge in [0.25, 0.3) is 0 Å². The maximum absolute atomic E-state index is 10.6. The summed E-state index contributed by atoms with van der Waals surface area (Å²) in [6.45, 7) is 4.08. The van der Waals surface area contributed by atoms with E-state index in [0.717, 1.165) is 11.8 Å². The quantitative estimate of drug-likeness (QED) is 0.759. The van der Waals surface area contributed by atoms with Crippen LogP contribution in [-0.4, -0.2) is 19.5 Å². The minimum absolute atomic E-state index is 0.0515. The number of sulfonamides is 1. The van der Waals surface area contributed by atoms with Crippen LogP contribution in [0.2, 0.25) is 0 Å². The monoisotopic (exact) mass is 257 g/mol. The van der Waals surface area contributed by atoms with Gasteiger partial charge in [-0.3, -0.25) is 0 Å². The van der Waals surface area contributed by atoms with E-state index >= 15 is 0 Å². The molecule has 0 saturated heterocycles. The highest BCUT2D eigenvalue weighted by Gasteiger charge is 2.19. The van der Waals surface area contributed by atoms with Crippen molar-refractivity contribution in [3.8, 4) is 0 Å². The number of alkyl halides is 1.